The maximum Gasteiger partial charge on any atom is 0.253 e. The van der Waals surface area contributed by atoms with Crippen LogP contribution in [0, 0.1) is 5.82 Å². The van der Waals surface area contributed by atoms with Gasteiger partial charge in [-0.2, -0.15) is 0 Å². The van der Waals surface area contributed by atoms with Crippen molar-refractivity contribution in [3.63, 3.8) is 0 Å². The molecule has 2 aliphatic rings. The van der Waals surface area contributed by atoms with Gasteiger partial charge in [0.25, 0.3) is 5.91 Å². The first-order valence-electron chi connectivity index (χ1n) is 13.9. The Morgan fingerprint density at radius 3 is 2.29 bits per heavy atom. The van der Waals surface area contributed by atoms with Crippen LogP contribution in [0.2, 0.25) is 20.1 Å². The second kappa shape index (κ2) is 12.7. The molecule has 0 N–H and O–H groups in total. The molecule has 5 nitrogen and oxygen atoms in total. The number of hydrogen-bond donors (Lipinski definition) is 0. The van der Waals surface area contributed by atoms with Crippen LogP contribution < -0.4 is 4.90 Å². The number of hydrogen-bond acceptors (Lipinski definition) is 3. The van der Waals surface area contributed by atoms with Crippen LogP contribution in [-0.4, -0.2) is 61.4 Å². The maximum absolute atomic E-state index is 14.3. The van der Waals surface area contributed by atoms with Crippen LogP contribution in [0.15, 0.2) is 54.6 Å². The average molecular weight is 651 g/mol. The predicted octanol–water partition coefficient (Wildman–Crippen LogP) is 8.09. The zero-order chi connectivity index (χ0) is 30.2. The van der Waals surface area contributed by atoms with Crippen molar-refractivity contribution in [3.05, 3.63) is 97.2 Å². The average Bonchev–Trinajstić information content (AvgIpc) is 3.25. The predicted molar refractivity (Wildman–Crippen MR) is 169 cm³/mol. The molecule has 2 heterocycles. The van der Waals surface area contributed by atoms with Crippen molar-refractivity contribution in [3.8, 4) is 0 Å². The Morgan fingerprint density at radius 2 is 1.64 bits per heavy atom. The number of piperidine rings is 1. The Bertz CT molecular complexity index is 1490. The summed E-state index contributed by atoms with van der Waals surface area (Å²) in [4.78, 5) is 31.5. The van der Waals surface area contributed by atoms with E-state index in [9.17, 15) is 14.0 Å². The molecule has 2 amide bonds. The fourth-order valence-corrected chi connectivity index (χ4v) is 7.17. The summed E-state index contributed by atoms with van der Waals surface area (Å²) in [6.45, 7) is 5.06. The molecule has 222 valence electrons. The lowest BCUT2D eigenvalue weighted by Crippen LogP contribution is -2.46. The van der Waals surface area contributed by atoms with Crippen LogP contribution in [0.25, 0.3) is 0 Å². The van der Waals surface area contributed by atoms with Crippen molar-refractivity contribution < 1.29 is 14.0 Å². The van der Waals surface area contributed by atoms with E-state index in [4.69, 9.17) is 46.4 Å². The minimum atomic E-state index is -0.274. The quantitative estimate of drug-likeness (QED) is 0.260. The summed E-state index contributed by atoms with van der Waals surface area (Å²) in [6, 6.07) is 15.2. The van der Waals surface area contributed by atoms with E-state index >= 15 is 0 Å². The number of carbonyl (C=O) groups is 2. The topological polar surface area (TPSA) is 43.9 Å². The van der Waals surface area contributed by atoms with Gasteiger partial charge in [0.15, 0.2) is 0 Å². The third-order valence-electron chi connectivity index (χ3n) is 8.63. The van der Waals surface area contributed by atoms with Crippen molar-refractivity contribution in [1.82, 2.24) is 9.80 Å². The molecule has 1 fully saturated rings. The van der Waals surface area contributed by atoms with Gasteiger partial charge in [0.05, 0.1) is 10.0 Å². The second-order valence-corrected chi connectivity index (χ2v) is 13.1. The Kier molecular flexibility index (Phi) is 9.41. The molecule has 3 aromatic rings. The number of rotatable bonds is 7. The van der Waals surface area contributed by atoms with Gasteiger partial charge < -0.3 is 14.7 Å². The molecule has 1 unspecified atom stereocenters. The number of carbonyl (C=O) groups excluding carboxylic acids is 2. The standard InChI is InChI=1S/C32H32Cl4FN3O2/c1-20(41)40-19-32(27-17-26(37)4-6-30(27)40)8-11-39(12-9-32)10-7-22(21-3-5-28(35)29(36)15-21)18-38(2)31(42)23-13-24(33)16-25(34)14-23/h3-6,13-17,22H,7-12,18-19H2,1-2H3. The minimum absolute atomic E-state index is 0.00577. The molecular weight excluding hydrogens is 619 g/mol. The largest absolute Gasteiger partial charge is 0.341 e. The summed E-state index contributed by atoms with van der Waals surface area (Å²) in [7, 11) is 1.77. The number of likely N-dealkylation sites (tertiary alicyclic amines) is 1. The van der Waals surface area contributed by atoms with E-state index in [1.165, 1.54) is 6.07 Å². The highest BCUT2D eigenvalue weighted by Crippen LogP contribution is 2.47. The molecule has 0 aliphatic carbocycles. The lowest BCUT2D eigenvalue weighted by atomic mass is 9.74. The number of halogens is 5. The summed E-state index contributed by atoms with van der Waals surface area (Å²) in [5.74, 6) is -0.477. The van der Waals surface area contributed by atoms with Crippen molar-refractivity contribution in [2.45, 2.75) is 37.5 Å². The van der Waals surface area contributed by atoms with Crippen LogP contribution in [0.1, 0.15) is 53.6 Å². The fraction of sp³-hybridized carbons (Fsp3) is 0.375. The van der Waals surface area contributed by atoms with E-state index in [-0.39, 0.29) is 29.0 Å². The third-order valence-corrected chi connectivity index (χ3v) is 9.81. The first-order chi connectivity index (χ1) is 20.0. The van der Waals surface area contributed by atoms with Gasteiger partial charge in [-0.15, -0.1) is 0 Å². The Hall–Kier alpha value is -2.35. The molecule has 5 rings (SSSR count). The molecular formula is C32H32Cl4FN3O2. The number of fused-ring (bicyclic) bond motifs is 2. The van der Waals surface area contributed by atoms with Gasteiger partial charge in [0.2, 0.25) is 5.91 Å². The zero-order valence-corrected chi connectivity index (χ0v) is 26.5. The fourth-order valence-electron chi connectivity index (χ4n) is 6.33. The van der Waals surface area contributed by atoms with E-state index in [2.05, 4.69) is 4.90 Å². The number of likely N-dealkylation sites (N-methyl/N-ethyl adjacent to an activating group) is 1. The summed E-state index contributed by atoms with van der Waals surface area (Å²) < 4.78 is 14.3. The molecule has 42 heavy (non-hydrogen) atoms. The van der Waals surface area contributed by atoms with E-state index in [1.807, 2.05) is 12.1 Å². The number of anilines is 1. The van der Waals surface area contributed by atoms with E-state index in [0.29, 0.717) is 38.7 Å². The summed E-state index contributed by atoms with van der Waals surface area (Å²) in [5, 5.41) is 1.76. The third kappa shape index (κ3) is 6.58. The van der Waals surface area contributed by atoms with Gasteiger partial charge in [-0.1, -0.05) is 52.5 Å². The minimum Gasteiger partial charge on any atom is -0.341 e. The molecule has 1 saturated heterocycles. The molecule has 3 aromatic carbocycles. The SMILES string of the molecule is CC(=O)N1CC2(CCN(CCC(CN(C)C(=O)c3cc(Cl)cc(Cl)c3)c3ccc(Cl)c(Cl)c3)CC2)c2cc(F)ccc21. The molecule has 0 radical (unpaired) electrons. The summed E-state index contributed by atoms with van der Waals surface area (Å²) in [6.07, 6.45) is 2.45. The van der Waals surface area contributed by atoms with E-state index < -0.39 is 0 Å². The van der Waals surface area contributed by atoms with Gasteiger partial charge in [0.1, 0.15) is 5.82 Å². The zero-order valence-electron chi connectivity index (χ0n) is 23.5. The van der Waals surface area contributed by atoms with Gasteiger partial charge >= 0.3 is 0 Å². The van der Waals surface area contributed by atoms with Crippen LogP contribution >= 0.6 is 46.4 Å². The van der Waals surface area contributed by atoms with Crippen LogP contribution in [0.4, 0.5) is 10.1 Å². The molecule has 0 bridgehead atoms. The molecule has 1 atom stereocenters. The monoisotopic (exact) mass is 649 g/mol. The molecule has 1 spiro atoms. The number of nitrogens with zero attached hydrogens (tertiary/aromatic N) is 3. The molecule has 0 saturated carbocycles. The van der Waals surface area contributed by atoms with E-state index in [1.54, 1.807) is 60.2 Å². The normalized spacial score (nSPS) is 16.9. The van der Waals surface area contributed by atoms with Crippen molar-refractivity contribution in [2.75, 3.05) is 44.7 Å². The lowest BCUT2D eigenvalue weighted by molar-refractivity contribution is -0.116. The Balaban J connectivity index is 1.29. The maximum atomic E-state index is 14.3. The van der Waals surface area contributed by atoms with Crippen LogP contribution in [0.5, 0.6) is 0 Å². The summed E-state index contributed by atoms with van der Waals surface area (Å²) in [5.41, 5.74) is 2.95. The highest BCUT2D eigenvalue weighted by molar-refractivity contribution is 6.42. The molecule has 2 aliphatic heterocycles. The van der Waals surface area contributed by atoms with Gasteiger partial charge in [-0.05, 0) is 98.6 Å². The molecule has 0 aromatic heterocycles. The van der Waals surface area contributed by atoms with Gasteiger partial charge in [-0.25, -0.2) is 4.39 Å². The second-order valence-electron chi connectivity index (χ2n) is 11.4. The first-order valence-corrected chi connectivity index (χ1v) is 15.4. The number of benzene rings is 3. The van der Waals surface area contributed by atoms with Crippen LogP contribution in [-0.2, 0) is 10.2 Å². The number of amides is 2. The van der Waals surface area contributed by atoms with Crippen molar-refractivity contribution in [1.29, 1.82) is 0 Å². The summed E-state index contributed by atoms with van der Waals surface area (Å²) >= 11 is 24.9. The highest BCUT2D eigenvalue weighted by atomic mass is 35.5. The smallest absolute Gasteiger partial charge is 0.253 e. The van der Waals surface area contributed by atoms with Gasteiger partial charge in [0, 0.05) is 59.7 Å². The van der Waals surface area contributed by atoms with Crippen LogP contribution in [0.3, 0.4) is 0 Å². The Labute approximate surface area is 266 Å². The highest BCUT2D eigenvalue weighted by Gasteiger charge is 2.45. The van der Waals surface area contributed by atoms with Gasteiger partial charge in [-0.3, -0.25) is 9.59 Å². The first kappa shape index (κ1) is 31.1. The Morgan fingerprint density at radius 1 is 0.952 bits per heavy atom. The van der Waals surface area contributed by atoms with Crippen molar-refractivity contribution >= 4 is 63.9 Å². The molecule has 10 heteroatoms. The van der Waals surface area contributed by atoms with E-state index in [0.717, 1.165) is 55.7 Å². The van der Waals surface area contributed by atoms with Crippen molar-refractivity contribution in [2.24, 2.45) is 0 Å². The lowest BCUT2D eigenvalue weighted by Gasteiger charge is -2.40.